The molecule has 0 atom stereocenters. The molecule has 0 saturated heterocycles. The molecule has 0 unspecified atom stereocenters. The fraction of sp³-hybridized carbons (Fsp3) is 0.167. The number of amides is 1. The number of rotatable bonds is 4. The highest BCUT2D eigenvalue weighted by atomic mass is 32.2. The number of anilines is 2. The smallest absolute Gasteiger partial charge is 0.234 e. The summed E-state index contributed by atoms with van der Waals surface area (Å²) in [5.74, 6) is -0.386. The Morgan fingerprint density at radius 2 is 2.37 bits per heavy atom. The Kier molecular flexibility index (Phi) is 4.39. The molecule has 1 heterocycles. The van der Waals surface area contributed by atoms with E-state index in [0.29, 0.717) is 5.69 Å². The average Bonchev–Trinajstić information content (AvgIpc) is 2.76. The number of nitrogens with one attached hydrogen (secondary N) is 1. The number of thioether (sulfide) groups is 1. The number of nitrogens with two attached hydrogens (primary N) is 1. The number of nitrogens with zero attached hydrogens (tertiary/aromatic N) is 1. The minimum absolute atomic E-state index is 0.198. The molecule has 0 fully saturated rings. The highest BCUT2D eigenvalue weighted by Gasteiger charge is 2.08. The van der Waals surface area contributed by atoms with E-state index in [1.165, 1.54) is 41.3 Å². The number of nitrogen functional groups attached to an aromatic ring is 1. The van der Waals surface area contributed by atoms with E-state index in [1.54, 1.807) is 0 Å². The first-order valence-corrected chi connectivity index (χ1v) is 7.31. The van der Waals surface area contributed by atoms with Gasteiger partial charge < -0.3 is 11.1 Å². The predicted octanol–water partition coefficient (Wildman–Crippen LogP) is 2.90. The van der Waals surface area contributed by atoms with Gasteiger partial charge in [0.1, 0.15) is 5.82 Å². The van der Waals surface area contributed by atoms with Crippen molar-refractivity contribution in [3.8, 4) is 0 Å². The zero-order chi connectivity index (χ0) is 13.8. The Labute approximate surface area is 118 Å². The van der Waals surface area contributed by atoms with E-state index in [2.05, 4.69) is 10.3 Å². The van der Waals surface area contributed by atoms with Crippen LogP contribution in [0.4, 0.5) is 15.8 Å². The molecular weight excluding hydrogens is 285 g/mol. The van der Waals surface area contributed by atoms with Crippen LogP contribution in [0.25, 0.3) is 0 Å². The van der Waals surface area contributed by atoms with Gasteiger partial charge in [0.25, 0.3) is 0 Å². The van der Waals surface area contributed by atoms with Crippen LogP contribution in [0.3, 0.4) is 0 Å². The first-order chi connectivity index (χ1) is 9.04. The van der Waals surface area contributed by atoms with Gasteiger partial charge in [-0.3, -0.25) is 4.79 Å². The van der Waals surface area contributed by atoms with E-state index in [1.807, 2.05) is 12.3 Å². The molecule has 0 aliphatic carbocycles. The van der Waals surface area contributed by atoms with Crippen molar-refractivity contribution in [1.82, 2.24) is 4.98 Å². The van der Waals surface area contributed by atoms with Crippen LogP contribution in [0.1, 0.15) is 5.69 Å². The maximum atomic E-state index is 12.9. The van der Waals surface area contributed by atoms with Gasteiger partial charge in [0.05, 0.1) is 17.1 Å². The van der Waals surface area contributed by atoms with Crippen LogP contribution in [0, 0.1) is 12.7 Å². The van der Waals surface area contributed by atoms with Crippen LogP contribution in [-0.2, 0) is 4.79 Å². The molecule has 1 aromatic heterocycles. The summed E-state index contributed by atoms with van der Waals surface area (Å²) in [6.07, 6.45) is 0. The summed E-state index contributed by atoms with van der Waals surface area (Å²) in [7, 11) is 0. The number of carbonyl (C=O) groups excluding carboxylic acids is 1. The van der Waals surface area contributed by atoms with E-state index in [-0.39, 0.29) is 17.3 Å². The average molecular weight is 297 g/mol. The van der Waals surface area contributed by atoms with Crippen molar-refractivity contribution in [3.63, 3.8) is 0 Å². The van der Waals surface area contributed by atoms with Crippen LogP contribution in [-0.4, -0.2) is 16.6 Å². The maximum Gasteiger partial charge on any atom is 0.234 e. The zero-order valence-electron chi connectivity index (χ0n) is 10.1. The van der Waals surface area contributed by atoms with Crippen LogP contribution in [0.5, 0.6) is 0 Å². The van der Waals surface area contributed by atoms with Crippen LogP contribution in [0.2, 0.25) is 0 Å². The molecule has 0 aliphatic heterocycles. The summed E-state index contributed by atoms with van der Waals surface area (Å²) in [4.78, 5) is 16.0. The second kappa shape index (κ2) is 6.03. The van der Waals surface area contributed by atoms with Crippen molar-refractivity contribution in [2.75, 3.05) is 16.8 Å². The van der Waals surface area contributed by atoms with Crippen molar-refractivity contribution in [3.05, 3.63) is 35.1 Å². The highest BCUT2D eigenvalue weighted by molar-refractivity contribution is 8.01. The van der Waals surface area contributed by atoms with E-state index in [4.69, 9.17) is 5.73 Å². The third kappa shape index (κ3) is 3.93. The Balaban J connectivity index is 1.90. The largest absolute Gasteiger partial charge is 0.397 e. The SMILES string of the molecule is Cc1csc(SCC(=O)Nc2ccc(F)cc2N)n1. The second-order valence-corrected chi connectivity index (χ2v) is 5.90. The number of hydrogen-bond donors (Lipinski definition) is 2. The maximum absolute atomic E-state index is 12.9. The van der Waals surface area contributed by atoms with Gasteiger partial charge in [-0.25, -0.2) is 9.37 Å². The van der Waals surface area contributed by atoms with Gasteiger partial charge in [0.2, 0.25) is 5.91 Å². The first kappa shape index (κ1) is 13.8. The molecule has 1 aromatic carbocycles. The molecular formula is C12H12FN3OS2. The highest BCUT2D eigenvalue weighted by Crippen LogP contribution is 2.23. The number of carbonyl (C=O) groups is 1. The van der Waals surface area contributed by atoms with Gasteiger partial charge in [0, 0.05) is 11.1 Å². The molecule has 2 rings (SSSR count). The molecule has 19 heavy (non-hydrogen) atoms. The summed E-state index contributed by atoms with van der Waals surface area (Å²) >= 11 is 2.86. The van der Waals surface area contributed by atoms with Crippen molar-refractivity contribution in [2.24, 2.45) is 0 Å². The zero-order valence-corrected chi connectivity index (χ0v) is 11.8. The van der Waals surface area contributed by atoms with Crippen LogP contribution in [0.15, 0.2) is 27.9 Å². The quantitative estimate of drug-likeness (QED) is 0.672. The number of halogens is 1. The topological polar surface area (TPSA) is 68.0 Å². The fourth-order valence-electron chi connectivity index (χ4n) is 1.36. The standard InChI is InChI=1S/C12H12FN3OS2/c1-7-5-18-12(15-7)19-6-11(17)16-10-3-2-8(13)4-9(10)14/h2-5H,6,14H2,1H3,(H,16,17). The number of thiazole rings is 1. The Hall–Kier alpha value is -1.60. The lowest BCUT2D eigenvalue weighted by Gasteiger charge is -2.07. The van der Waals surface area contributed by atoms with Crippen molar-refractivity contribution in [2.45, 2.75) is 11.3 Å². The molecule has 0 aliphatic rings. The molecule has 0 bridgehead atoms. The lowest BCUT2D eigenvalue weighted by atomic mass is 10.2. The normalized spacial score (nSPS) is 10.4. The summed E-state index contributed by atoms with van der Waals surface area (Å²) in [6.45, 7) is 1.90. The fourth-order valence-corrected chi connectivity index (χ4v) is 3.01. The van der Waals surface area contributed by atoms with Gasteiger partial charge in [0.15, 0.2) is 4.34 Å². The molecule has 0 spiro atoms. The number of aromatic nitrogens is 1. The minimum atomic E-state index is -0.428. The Bertz CT molecular complexity index is 600. The Morgan fingerprint density at radius 3 is 3.00 bits per heavy atom. The molecule has 0 radical (unpaired) electrons. The second-order valence-electron chi connectivity index (χ2n) is 3.82. The molecule has 7 heteroatoms. The lowest BCUT2D eigenvalue weighted by Crippen LogP contribution is -2.15. The van der Waals surface area contributed by atoms with E-state index >= 15 is 0 Å². The Morgan fingerprint density at radius 1 is 1.58 bits per heavy atom. The van der Waals surface area contributed by atoms with Gasteiger partial charge in [-0.15, -0.1) is 11.3 Å². The van der Waals surface area contributed by atoms with Crippen LogP contribution < -0.4 is 11.1 Å². The van der Waals surface area contributed by atoms with E-state index in [0.717, 1.165) is 10.0 Å². The van der Waals surface area contributed by atoms with Crippen molar-refractivity contribution in [1.29, 1.82) is 0 Å². The third-order valence-electron chi connectivity index (χ3n) is 2.21. The van der Waals surface area contributed by atoms with Gasteiger partial charge in [-0.1, -0.05) is 11.8 Å². The summed E-state index contributed by atoms with van der Waals surface area (Å²) < 4.78 is 13.7. The molecule has 4 nitrogen and oxygen atoms in total. The summed E-state index contributed by atoms with van der Waals surface area (Å²) in [5.41, 5.74) is 7.18. The van der Waals surface area contributed by atoms with Gasteiger partial charge in [-0.2, -0.15) is 0 Å². The molecule has 0 saturated carbocycles. The molecule has 2 aromatic rings. The molecule has 3 N–H and O–H groups in total. The number of benzene rings is 1. The molecule has 1 amide bonds. The van der Waals surface area contributed by atoms with Gasteiger partial charge >= 0.3 is 0 Å². The van der Waals surface area contributed by atoms with E-state index < -0.39 is 5.82 Å². The van der Waals surface area contributed by atoms with E-state index in [9.17, 15) is 9.18 Å². The lowest BCUT2D eigenvalue weighted by molar-refractivity contribution is -0.113. The monoisotopic (exact) mass is 297 g/mol. The summed E-state index contributed by atoms with van der Waals surface area (Å²) in [6, 6.07) is 3.87. The van der Waals surface area contributed by atoms with Crippen LogP contribution >= 0.6 is 23.1 Å². The van der Waals surface area contributed by atoms with Crippen molar-refractivity contribution >= 4 is 40.4 Å². The molecule has 100 valence electrons. The summed E-state index contributed by atoms with van der Waals surface area (Å²) in [5, 5.41) is 4.57. The third-order valence-corrected chi connectivity index (χ3v) is 4.35. The van der Waals surface area contributed by atoms with Crippen molar-refractivity contribution < 1.29 is 9.18 Å². The number of aryl methyl sites for hydroxylation is 1. The first-order valence-electron chi connectivity index (χ1n) is 5.44. The van der Waals surface area contributed by atoms with Gasteiger partial charge in [-0.05, 0) is 25.1 Å². The number of hydrogen-bond acceptors (Lipinski definition) is 5. The predicted molar refractivity (Wildman–Crippen MR) is 77.0 cm³/mol. The minimum Gasteiger partial charge on any atom is -0.397 e.